The van der Waals surface area contributed by atoms with Crippen LogP contribution in [0.3, 0.4) is 0 Å². The molecule has 2 rings (SSSR count). The Bertz CT molecular complexity index is 537. The van der Waals surface area contributed by atoms with Crippen molar-refractivity contribution >= 4 is 11.9 Å². The Balaban J connectivity index is 2.14. The number of hydrogen-bond donors (Lipinski definition) is 2. The van der Waals surface area contributed by atoms with Crippen molar-refractivity contribution in [2.45, 2.75) is 6.92 Å². The van der Waals surface area contributed by atoms with E-state index in [1.165, 1.54) is 7.11 Å². The van der Waals surface area contributed by atoms with E-state index >= 15 is 0 Å². The summed E-state index contributed by atoms with van der Waals surface area (Å²) < 4.78 is 4.79. The molecule has 2 aromatic heterocycles. The molecule has 0 unspecified atom stereocenters. The van der Waals surface area contributed by atoms with E-state index in [9.17, 15) is 4.79 Å². The number of methoxy groups -OCH3 is 1. The van der Waals surface area contributed by atoms with Gasteiger partial charge in [-0.15, -0.1) is 5.10 Å². The maximum Gasteiger partial charge on any atom is 0.336 e. The number of H-pyrrole nitrogens is 1. The summed E-state index contributed by atoms with van der Waals surface area (Å²) in [5, 5.41) is 8.78. The number of aromatic nitrogens is 4. The first-order chi connectivity index (χ1) is 8.20. The van der Waals surface area contributed by atoms with Crippen molar-refractivity contribution in [3.63, 3.8) is 0 Å². The van der Waals surface area contributed by atoms with Gasteiger partial charge in [0, 0.05) is 6.20 Å². The van der Waals surface area contributed by atoms with Crippen molar-refractivity contribution in [3.8, 4) is 6.01 Å². The summed E-state index contributed by atoms with van der Waals surface area (Å²) in [6.45, 7) is 1.81. The molecule has 0 saturated carbocycles. The average molecular weight is 233 g/mol. The van der Waals surface area contributed by atoms with Crippen molar-refractivity contribution < 1.29 is 9.53 Å². The number of amides is 1. The highest BCUT2D eigenvalue weighted by molar-refractivity contribution is 6.02. The lowest BCUT2D eigenvalue weighted by Crippen LogP contribution is -2.15. The Morgan fingerprint density at radius 1 is 1.53 bits per heavy atom. The van der Waals surface area contributed by atoms with Crippen molar-refractivity contribution in [2.24, 2.45) is 0 Å². The average Bonchev–Trinajstić information content (AvgIpc) is 2.77. The normalized spacial score (nSPS) is 10.0. The highest BCUT2D eigenvalue weighted by Crippen LogP contribution is 2.08. The molecule has 0 spiro atoms. The van der Waals surface area contributed by atoms with Crippen LogP contribution in [0.4, 0.5) is 5.95 Å². The predicted octanol–water partition coefficient (Wildman–Crippen LogP) is 0.769. The monoisotopic (exact) mass is 233 g/mol. The highest BCUT2D eigenvalue weighted by atomic mass is 16.5. The lowest BCUT2D eigenvalue weighted by atomic mass is 10.2. The maximum absolute atomic E-state index is 11.8. The fourth-order valence-electron chi connectivity index (χ4n) is 1.28. The van der Waals surface area contributed by atoms with Crippen LogP contribution in [0.2, 0.25) is 0 Å². The van der Waals surface area contributed by atoms with Gasteiger partial charge in [-0.25, -0.2) is 5.10 Å². The minimum absolute atomic E-state index is 0.165. The molecule has 0 aliphatic heterocycles. The molecule has 7 nitrogen and oxygen atoms in total. The van der Waals surface area contributed by atoms with Crippen LogP contribution in [0.1, 0.15) is 16.1 Å². The molecule has 0 saturated heterocycles. The summed E-state index contributed by atoms with van der Waals surface area (Å²) in [7, 11) is 1.44. The van der Waals surface area contributed by atoms with E-state index in [2.05, 4.69) is 25.5 Å². The Labute approximate surface area is 97.2 Å². The number of aryl methyl sites for hydroxylation is 1. The number of carbonyl (C=O) groups excluding carboxylic acids is 1. The Morgan fingerprint density at radius 2 is 2.35 bits per heavy atom. The smallest absolute Gasteiger partial charge is 0.336 e. The number of hydrogen-bond acceptors (Lipinski definition) is 5. The summed E-state index contributed by atoms with van der Waals surface area (Å²) in [6, 6.07) is 3.74. The number of pyridine rings is 1. The van der Waals surface area contributed by atoms with Crippen LogP contribution >= 0.6 is 0 Å². The molecule has 0 aromatic carbocycles. The van der Waals surface area contributed by atoms with Crippen molar-refractivity contribution in [1.29, 1.82) is 0 Å². The lowest BCUT2D eigenvalue weighted by molar-refractivity contribution is 0.102. The SMILES string of the molecule is COc1n[nH]c(NC(=O)c2ncccc2C)n1. The first-order valence-electron chi connectivity index (χ1n) is 4.90. The second kappa shape index (κ2) is 4.60. The summed E-state index contributed by atoms with van der Waals surface area (Å²) in [4.78, 5) is 19.7. The van der Waals surface area contributed by atoms with E-state index < -0.39 is 0 Å². The van der Waals surface area contributed by atoms with Gasteiger partial charge in [0.15, 0.2) is 0 Å². The number of carbonyl (C=O) groups is 1. The van der Waals surface area contributed by atoms with Crippen LogP contribution in [-0.4, -0.2) is 33.2 Å². The molecule has 0 radical (unpaired) electrons. The number of nitrogens with zero attached hydrogens (tertiary/aromatic N) is 3. The van der Waals surface area contributed by atoms with Crippen molar-refractivity contribution in [1.82, 2.24) is 20.2 Å². The Hall–Kier alpha value is -2.44. The number of aromatic amines is 1. The summed E-state index contributed by atoms with van der Waals surface area (Å²) in [5.74, 6) is -0.126. The van der Waals surface area contributed by atoms with Gasteiger partial charge in [0.25, 0.3) is 5.91 Å². The molecule has 88 valence electrons. The molecule has 2 aromatic rings. The van der Waals surface area contributed by atoms with Crippen LogP contribution in [0.25, 0.3) is 0 Å². The molecule has 2 heterocycles. The quantitative estimate of drug-likeness (QED) is 0.816. The minimum atomic E-state index is -0.345. The molecule has 1 amide bonds. The van der Waals surface area contributed by atoms with Gasteiger partial charge in [0.1, 0.15) is 5.69 Å². The number of rotatable bonds is 3. The maximum atomic E-state index is 11.8. The third kappa shape index (κ3) is 2.39. The molecule has 0 aliphatic carbocycles. The van der Waals surface area contributed by atoms with Crippen molar-refractivity contribution in [3.05, 3.63) is 29.6 Å². The van der Waals surface area contributed by atoms with E-state index in [4.69, 9.17) is 4.74 Å². The molecular formula is C10H11N5O2. The molecular weight excluding hydrogens is 222 g/mol. The largest absolute Gasteiger partial charge is 0.466 e. The second-order valence-corrected chi connectivity index (χ2v) is 3.29. The van der Waals surface area contributed by atoms with Crippen molar-refractivity contribution in [2.75, 3.05) is 12.4 Å². The van der Waals surface area contributed by atoms with Gasteiger partial charge < -0.3 is 4.74 Å². The molecule has 0 bridgehead atoms. The van der Waals surface area contributed by atoms with Gasteiger partial charge in [0.05, 0.1) is 7.11 Å². The number of ether oxygens (including phenoxy) is 1. The Kier molecular flexibility index (Phi) is 2.99. The summed E-state index contributed by atoms with van der Waals surface area (Å²) in [5.41, 5.74) is 1.14. The van der Waals surface area contributed by atoms with Gasteiger partial charge >= 0.3 is 6.01 Å². The van der Waals surface area contributed by atoms with Crippen LogP contribution in [-0.2, 0) is 0 Å². The summed E-state index contributed by atoms with van der Waals surface area (Å²) >= 11 is 0. The molecule has 7 heteroatoms. The molecule has 0 aliphatic rings. The molecule has 2 N–H and O–H groups in total. The summed E-state index contributed by atoms with van der Waals surface area (Å²) in [6.07, 6.45) is 1.56. The predicted molar refractivity (Wildman–Crippen MR) is 59.9 cm³/mol. The molecule has 0 fully saturated rings. The zero-order valence-electron chi connectivity index (χ0n) is 9.39. The highest BCUT2D eigenvalue weighted by Gasteiger charge is 2.12. The first kappa shape index (κ1) is 11.1. The van der Waals surface area contributed by atoms with Crippen LogP contribution in [0.15, 0.2) is 18.3 Å². The van der Waals surface area contributed by atoms with Crippen LogP contribution in [0.5, 0.6) is 6.01 Å². The zero-order chi connectivity index (χ0) is 12.3. The van der Waals surface area contributed by atoms with Crippen LogP contribution < -0.4 is 10.1 Å². The Morgan fingerprint density at radius 3 is 3.00 bits per heavy atom. The fourth-order valence-corrected chi connectivity index (χ4v) is 1.28. The van der Waals surface area contributed by atoms with Gasteiger partial charge in [-0.2, -0.15) is 4.98 Å². The fraction of sp³-hybridized carbons (Fsp3) is 0.200. The lowest BCUT2D eigenvalue weighted by Gasteiger charge is -2.02. The third-order valence-electron chi connectivity index (χ3n) is 2.10. The second-order valence-electron chi connectivity index (χ2n) is 3.29. The van der Waals surface area contributed by atoms with E-state index in [0.717, 1.165) is 5.56 Å². The third-order valence-corrected chi connectivity index (χ3v) is 2.10. The molecule has 17 heavy (non-hydrogen) atoms. The zero-order valence-corrected chi connectivity index (χ0v) is 9.39. The standard InChI is InChI=1S/C10H11N5O2/c1-6-4-3-5-11-7(6)8(16)12-9-13-10(17-2)15-14-9/h3-5H,1-2H3,(H2,12,13,14,15,16). The van der Waals surface area contributed by atoms with E-state index in [-0.39, 0.29) is 17.9 Å². The topological polar surface area (TPSA) is 92.8 Å². The van der Waals surface area contributed by atoms with Gasteiger partial charge in [-0.3, -0.25) is 15.1 Å². The minimum Gasteiger partial charge on any atom is -0.466 e. The van der Waals surface area contributed by atoms with E-state index in [0.29, 0.717) is 5.69 Å². The number of anilines is 1. The van der Waals surface area contributed by atoms with Crippen LogP contribution in [0, 0.1) is 6.92 Å². The van der Waals surface area contributed by atoms with Gasteiger partial charge in [-0.1, -0.05) is 6.07 Å². The first-order valence-corrected chi connectivity index (χ1v) is 4.90. The molecule has 0 atom stereocenters. The van der Waals surface area contributed by atoms with E-state index in [1.807, 2.05) is 13.0 Å². The van der Waals surface area contributed by atoms with Gasteiger partial charge in [0.2, 0.25) is 5.95 Å². The number of nitrogens with one attached hydrogen (secondary N) is 2. The van der Waals surface area contributed by atoms with E-state index in [1.54, 1.807) is 12.3 Å². The van der Waals surface area contributed by atoms with Gasteiger partial charge in [-0.05, 0) is 18.6 Å².